The molecule has 9 heavy (non-hydrogen) atoms. The number of carboxylic acid groups (broad SMARTS) is 1. The van der Waals surface area contributed by atoms with Gasteiger partial charge in [0.15, 0.2) is 0 Å². The first-order chi connectivity index (χ1) is 4.16. The van der Waals surface area contributed by atoms with E-state index in [2.05, 4.69) is 0 Å². The molecule has 0 rings (SSSR count). The number of hydrogen-bond donors (Lipinski definition) is 0. The molecule has 0 saturated heterocycles. The van der Waals surface area contributed by atoms with Crippen molar-refractivity contribution < 1.29 is 14.7 Å². The van der Waals surface area contributed by atoms with E-state index in [1.807, 2.05) is 0 Å². The van der Waals surface area contributed by atoms with Gasteiger partial charge in [-0.1, -0.05) is 0 Å². The molecule has 0 aromatic carbocycles. The smallest absolute Gasteiger partial charge is 0.147 e. The zero-order valence-corrected chi connectivity index (χ0v) is 5.48. The highest BCUT2D eigenvalue weighted by Crippen LogP contribution is 1.90. The predicted octanol–water partition coefficient (Wildman–Crippen LogP) is -0.676. The normalized spacial score (nSPS) is 9.00. The Kier molecular flexibility index (Phi) is 4.05. The van der Waals surface area contributed by atoms with Crippen molar-refractivity contribution in [3.8, 4) is 0 Å². The van der Waals surface area contributed by atoms with Crippen LogP contribution < -0.4 is 5.11 Å². The minimum atomic E-state index is -1.21. The van der Waals surface area contributed by atoms with Gasteiger partial charge in [-0.3, -0.25) is 4.79 Å². The van der Waals surface area contributed by atoms with Gasteiger partial charge in [-0.2, -0.15) is 0 Å². The van der Waals surface area contributed by atoms with Crippen molar-refractivity contribution in [1.29, 1.82) is 0 Å². The Balaban J connectivity index is 3.28. The van der Waals surface area contributed by atoms with Crippen molar-refractivity contribution in [2.24, 2.45) is 0 Å². The Hall–Kier alpha value is -0.570. The summed E-state index contributed by atoms with van der Waals surface area (Å²) in [6.07, 6.45) is -0.253. The van der Waals surface area contributed by atoms with Gasteiger partial charge in [0.2, 0.25) is 0 Å². The van der Waals surface area contributed by atoms with Crippen LogP contribution in [0.5, 0.6) is 0 Å². The largest absolute Gasteiger partial charge is 0.550 e. The monoisotopic (exact) mass is 149 g/mol. The molecule has 0 radical (unpaired) electrons. The number of carbonyl (C=O) groups excluding carboxylic acids is 2. The maximum Gasteiger partial charge on any atom is 0.147 e. The van der Waals surface area contributed by atoms with Gasteiger partial charge in [0.1, 0.15) is 5.78 Å². The number of rotatable bonds is 4. The van der Waals surface area contributed by atoms with Gasteiger partial charge in [0.25, 0.3) is 0 Å². The summed E-state index contributed by atoms with van der Waals surface area (Å²) in [6, 6.07) is 0. The van der Waals surface area contributed by atoms with Crippen LogP contribution in [0.4, 0.5) is 0 Å². The molecule has 0 amide bonds. The molecule has 0 N–H and O–H groups in total. The molecule has 0 aromatic rings. The van der Waals surface area contributed by atoms with Crippen LogP contribution >= 0.6 is 11.6 Å². The standard InChI is InChI=1S/C5H7ClO3/c6-3-4(7)1-2-5(8)9/h1-3H2,(H,8,9)/p-1. The van der Waals surface area contributed by atoms with Gasteiger partial charge in [0, 0.05) is 12.4 Å². The zero-order valence-electron chi connectivity index (χ0n) is 4.72. The average molecular weight is 150 g/mol. The number of hydrogen-bond acceptors (Lipinski definition) is 3. The first-order valence-corrected chi connectivity index (χ1v) is 2.97. The Morgan fingerprint density at radius 2 is 1.89 bits per heavy atom. The summed E-state index contributed by atoms with van der Waals surface area (Å²) < 4.78 is 0. The highest BCUT2D eigenvalue weighted by molar-refractivity contribution is 6.27. The molecule has 3 nitrogen and oxygen atoms in total. The van der Waals surface area contributed by atoms with Gasteiger partial charge < -0.3 is 9.90 Å². The minimum Gasteiger partial charge on any atom is -0.550 e. The average Bonchev–Trinajstić information content (AvgIpc) is 1.83. The molecule has 0 aliphatic carbocycles. The summed E-state index contributed by atoms with van der Waals surface area (Å²) in [7, 11) is 0. The van der Waals surface area contributed by atoms with Crippen molar-refractivity contribution in [2.45, 2.75) is 12.8 Å². The molecule has 52 valence electrons. The van der Waals surface area contributed by atoms with E-state index >= 15 is 0 Å². The van der Waals surface area contributed by atoms with Crippen LogP contribution in [0.1, 0.15) is 12.8 Å². The highest BCUT2D eigenvalue weighted by atomic mass is 35.5. The van der Waals surface area contributed by atoms with E-state index < -0.39 is 5.97 Å². The van der Waals surface area contributed by atoms with E-state index in [1.54, 1.807) is 0 Å². The zero-order chi connectivity index (χ0) is 7.28. The second-order valence-corrected chi connectivity index (χ2v) is 1.81. The number of aliphatic carboxylic acids is 1. The van der Waals surface area contributed by atoms with Gasteiger partial charge in [-0.15, -0.1) is 11.6 Å². The SMILES string of the molecule is O=C([O-])CCC(=O)CCl. The first kappa shape index (κ1) is 8.43. The number of halogens is 1. The van der Waals surface area contributed by atoms with E-state index in [0.29, 0.717) is 0 Å². The molecule has 0 aromatic heterocycles. The Bertz CT molecular complexity index is 121. The fraction of sp³-hybridized carbons (Fsp3) is 0.600. The summed E-state index contributed by atoms with van der Waals surface area (Å²) in [6.45, 7) is 0. The Morgan fingerprint density at radius 1 is 1.33 bits per heavy atom. The fourth-order valence-corrected chi connectivity index (χ4v) is 0.442. The summed E-state index contributed by atoms with van der Waals surface area (Å²) in [5.74, 6) is -1.60. The van der Waals surface area contributed by atoms with E-state index in [1.165, 1.54) is 0 Å². The molecule has 4 heteroatoms. The van der Waals surface area contributed by atoms with Crippen LogP contribution in [0.25, 0.3) is 0 Å². The van der Waals surface area contributed by atoms with Crippen LogP contribution in [0.15, 0.2) is 0 Å². The molecule has 0 spiro atoms. The van der Waals surface area contributed by atoms with Crippen molar-refractivity contribution >= 4 is 23.4 Å². The van der Waals surface area contributed by atoms with E-state index in [4.69, 9.17) is 11.6 Å². The highest BCUT2D eigenvalue weighted by Gasteiger charge is 1.97. The van der Waals surface area contributed by atoms with Gasteiger partial charge in [0.05, 0.1) is 5.88 Å². The van der Waals surface area contributed by atoms with Gasteiger partial charge in [-0.25, -0.2) is 0 Å². The van der Waals surface area contributed by atoms with E-state index in [0.717, 1.165) is 0 Å². The summed E-state index contributed by atoms with van der Waals surface area (Å²) >= 11 is 5.07. The topological polar surface area (TPSA) is 57.2 Å². The molecule has 0 saturated carbocycles. The van der Waals surface area contributed by atoms with Crippen LogP contribution in [-0.4, -0.2) is 17.6 Å². The Labute approximate surface area is 57.6 Å². The lowest BCUT2D eigenvalue weighted by molar-refractivity contribution is -0.305. The van der Waals surface area contributed by atoms with Crippen LogP contribution in [0.3, 0.4) is 0 Å². The summed E-state index contributed by atoms with van der Waals surface area (Å²) in [5.41, 5.74) is 0. The minimum absolute atomic E-state index is 0.0220. The lowest BCUT2D eigenvalue weighted by Gasteiger charge is -1.96. The Morgan fingerprint density at radius 3 is 2.22 bits per heavy atom. The van der Waals surface area contributed by atoms with Crippen molar-refractivity contribution in [1.82, 2.24) is 0 Å². The molecule has 0 atom stereocenters. The summed E-state index contributed by atoms with van der Waals surface area (Å²) in [4.78, 5) is 20.0. The molecule has 0 aliphatic heterocycles. The predicted molar refractivity (Wildman–Crippen MR) is 30.0 cm³/mol. The molecular formula is C5H6ClO3-. The van der Waals surface area contributed by atoms with Gasteiger partial charge in [-0.05, 0) is 6.42 Å². The first-order valence-electron chi connectivity index (χ1n) is 2.44. The quantitative estimate of drug-likeness (QED) is 0.498. The maximum absolute atomic E-state index is 10.3. The van der Waals surface area contributed by atoms with Crippen LogP contribution in [0, 0.1) is 0 Å². The van der Waals surface area contributed by atoms with Crippen molar-refractivity contribution in [3.05, 3.63) is 0 Å². The lowest BCUT2D eigenvalue weighted by Crippen LogP contribution is -2.22. The molecule has 0 aliphatic rings. The number of carbonyl (C=O) groups is 2. The van der Waals surface area contributed by atoms with Crippen molar-refractivity contribution in [2.75, 3.05) is 5.88 Å². The third-order valence-corrected chi connectivity index (χ3v) is 1.06. The van der Waals surface area contributed by atoms with Crippen LogP contribution in [-0.2, 0) is 9.59 Å². The van der Waals surface area contributed by atoms with Crippen molar-refractivity contribution in [3.63, 3.8) is 0 Å². The van der Waals surface area contributed by atoms with Crippen LogP contribution in [0.2, 0.25) is 0 Å². The number of Topliss-reactive ketones (excluding diaryl/α,β-unsaturated/α-hetero) is 1. The number of ketones is 1. The molecule has 0 fully saturated rings. The molecule has 0 unspecified atom stereocenters. The van der Waals surface area contributed by atoms with E-state index in [9.17, 15) is 14.7 Å². The lowest BCUT2D eigenvalue weighted by atomic mass is 10.2. The molecular weight excluding hydrogens is 144 g/mol. The van der Waals surface area contributed by atoms with E-state index in [-0.39, 0.29) is 24.5 Å². The molecule has 0 bridgehead atoms. The summed E-state index contributed by atoms with van der Waals surface area (Å²) in [5, 5.41) is 9.71. The molecule has 0 heterocycles. The number of alkyl halides is 1. The third kappa shape index (κ3) is 5.30. The third-order valence-electron chi connectivity index (χ3n) is 0.757. The number of carboxylic acids is 1. The maximum atomic E-state index is 10.3. The van der Waals surface area contributed by atoms with Gasteiger partial charge >= 0.3 is 0 Å². The second kappa shape index (κ2) is 4.32. The fourth-order valence-electron chi connectivity index (χ4n) is 0.308. The second-order valence-electron chi connectivity index (χ2n) is 1.54.